The summed E-state index contributed by atoms with van der Waals surface area (Å²) in [5.74, 6) is -0.128. The maximum Gasteiger partial charge on any atom is 0.345 e. The summed E-state index contributed by atoms with van der Waals surface area (Å²) in [4.78, 5) is 12.7. The van der Waals surface area contributed by atoms with Crippen molar-refractivity contribution >= 4 is 29.1 Å². The largest absolute Gasteiger partial charge is 1.00 e. The monoisotopic (exact) mass is 442 g/mol. The predicted molar refractivity (Wildman–Crippen MR) is 111 cm³/mol. The van der Waals surface area contributed by atoms with Gasteiger partial charge in [0.1, 0.15) is 23.2 Å². The van der Waals surface area contributed by atoms with Crippen LogP contribution in [-0.4, -0.2) is 18.7 Å². The second-order valence-electron chi connectivity index (χ2n) is 6.19. The van der Waals surface area contributed by atoms with Crippen LogP contribution >= 0.6 is 7.26 Å². The quantitative estimate of drug-likeness (QED) is 0.402. The zero-order valence-corrected chi connectivity index (χ0v) is 17.9. The van der Waals surface area contributed by atoms with Crippen LogP contribution in [0.15, 0.2) is 91.0 Å². The molecule has 4 heteroatoms. The van der Waals surface area contributed by atoms with Gasteiger partial charge >= 0.3 is 5.97 Å². The summed E-state index contributed by atoms with van der Waals surface area (Å²) in [5, 5.41) is 3.60. The Hall–Kier alpha value is -1.96. The van der Waals surface area contributed by atoms with E-state index in [-0.39, 0.29) is 23.0 Å². The molecule has 27 heavy (non-hydrogen) atoms. The van der Waals surface area contributed by atoms with Crippen molar-refractivity contribution < 1.29 is 26.5 Å². The van der Waals surface area contributed by atoms with E-state index in [0.717, 1.165) is 6.42 Å². The number of rotatable bonds is 7. The van der Waals surface area contributed by atoms with Crippen LogP contribution in [-0.2, 0) is 9.53 Å². The molecular formula is C23H24BrO2P. The lowest BCUT2D eigenvalue weighted by molar-refractivity contribution is -0.140. The summed E-state index contributed by atoms with van der Waals surface area (Å²) >= 11 is 0. The molecular weight excluding hydrogens is 419 g/mol. The van der Waals surface area contributed by atoms with Gasteiger partial charge in [0.2, 0.25) is 0 Å². The second kappa shape index (κ2) is 10.4. The van der Waals surface area contributed by atoms with Crippen molar-refractivity contribution in [2.45, 2.75) is 13.3 Å². The van der Waals surface area contributed by atoms with Gasteiger partial charge in [0.25, 0.3) is 0 Å². The highest BCUT2D eigenvalue weighted by Crippen LogP contribution is 2.55. The Morgan fingerprint density at radius 3 is 1.44 bits per heavy atom. The molecule has 0 aliphatic carbocycles. The highest BCUT2D eigenvalue weighted by molar-refractivity contribution is 7.96. The number of halogens is 1. The van der Waals surface area contributed by atoms with E-state index in [2.05, 4.69) is 36.4 Å². The summed E-state index contributed by atoms with van der Waals surface area (Å²) in [7, 11) is -2.12. The highest BCUT2D eigenvalue weighted by atomic mass is 79.9. The zero-order chi connectivity index (χ0) is 18.2. The Morgan fingerprint density at radius 1 is 0.741 bits per heavy atom. The molecule has 0 bridgehead atoms. The molecule has 0 N–H and O–H groups in total. The van der Waals surface area contributed by atoms with E-state index < -0.39 is 7.26 Å². The van der Waals surface area contributed by atoms with Crippen molar-refractivity contribution in [2.75, 3.05) is 12.8 Å². The van der Waals surface area contributed by atoms with Gasteiger partial charge in [-0.25, -0.2) is 4.79 Å². The fourth-order valence-corrected chi connectivity index (χ4v) is 7.19. The van der Waals surface area contributed by atoms with Gasteiger partial charge in [-0.2, -0.15) is 0 Å². The zero-order valence-electron chi connectivity index (χ0n) is 15.4. The molecule has 0 amide bonds. The highest BCUT2D eigenvalue weighted by Gasteiger charge is 2.47. The second-order valence-corrected chi connectivity index (χ2v) is 9.68. The molecule has 2 nitrogen and oxygen atoms in total. The topological polar surface area (TPSA) is 26.3 Å². The minimum Gasteiger partial charge on any atom is -1.00 e. The van der Waals surface area contributed by atoms with E-state index in [9.17, 15) is 4.79 Å². The first-order valence-electron chi connectivity index (χ1n) is 8.98. The van der Waals surface area contributed by atoms with Crippen LogP contribution in [0.1, 0.15) is 13.3 Å². The van der Waals surface area contributed by atoms with Gasteiger partial charge in [-0.15, -0.1) is 0 Å². The summed E-state index contributed by atoms with van der Waals surface area (Å²) in [5.41, 5.74) is 0. The Labute approximate surface area is 172 Å². The minimum absolute atomic E-state index is 0. The fourth-order valence-electron chi connectivity index (χ4n) is 3.22. The van der Waals surface area contributed by atoms with E-state index in [0.29, 0.717) is 12.8 Å². The van der Waals surface area contributed by atoms with Crippen LogP contribution in [0, 0.1) is 0 Å². The van der Waals surface area contributed by atoms with Gasteiger partial charge in [0.05, 0.1) is 6.61 Å². The first-order valence-corrected chi connectivity index (χ1v) is 11.0. The molecule has 3 aromatic carbocycles. The van der Waals surface area contributed by atoms with Crippen molar-refractivity contribution in [1.82, 2.24) is 0 Å². The molecule has 140 valence electrons. The normalized spacial score (nSPS) is 10.7. The van der Waals surface area contributed by atoms with E-state index >= 15 is 0 Å². The maximum atomic E-state index is 12.7. The van der Waals surface area contributed by atoms with Crippen molar-refractivity contribution in [1.29, 1.82) is 0 Å². The Morgan fingerprint density at radius 2 is 1.11 bits per heavy atom. The number of carbonyl (C=O) groups excluding carboxylic acids is 1. The summed E-state index contributed by atoms with van der Waals surface area (Å²) < 4.78 is 5.50. The Bertz CT molecular complexity index is 726. The van der Waals surface area contributed by atoms with Crippen molar-refractivity contribution in [2.24, 2.45) is 0 Å². The van der Waals surface area contributed by atoms with Crippen molar-refractivity contribution in [3.05, 3.63) is 91.0 Å². The first-order chi connectivity index (χ1) is 12.8. The molecule has 3 aromatic rings. The van der Waals surface area contributed by atoms with Crippen molar-refractivity contribution in [3.63, 3.8) is 0 Å². The molecule has 0 saturated carbocycles. The van der Waals surface area contributed by atoms with E-state index in [4.69, 9.17) is 4.74 Å². The van der Waals surface area contributed by atoms with Crippen LogP contribution in [0.3, 0.4) is 0 Å². The van der Waals surface area contributed by atoms with E-state index in [1.54, 1.807) is 0 Å². The summed E-state index contributed by atoms with van der Waals surface area (Å²) in [6.07, 6.45) is 1.21. The van der Waals surface area contributed by atoms with Gasteiger partial charge in [0.15, 0.2) is 6.16 Å². The molecule has 0 unspecified atom stereocenters. The Balaban J connectivity index is 0.00000261. The van der Waals surface area contributed by atoms with Gasteiger partial charge in [-0.3, -0.25) is 0 Å². The van der Waals surface area contributed by atoms with Gasteiger partial charge < -0.3 is 21.7 Å². The average molecular weight is 443 g/mol. The van der Waals surface area contributed by atoms with Gasteiger partial charge in [-0.1, -0.05) is 61.5 Å². The van der Waals surface area contributed by atoms with Crippen LogP contribution in [0.25, 0.3) is 0 Å². The molecule has 0 aliphatic rings. The van der Waals surface area contributed by atoms with Gasteiger partial charge in [0, 0.05) is 0 Å². The molecule has 0 fully saturated rings. The molecule has 0 spiro atoms. The Kier molecular flexibility index (Phi) is 8.22. The molecule has 3 rings (SSSR count). The van der Waals surface area contributed by atoms with Crippen LogP contribution < -0.4 is 32.9 Å². The predicted octanol–water partition coefficient (Wildman–Crippen LogP) is 0.938. The lowest BCUT2D eigenvalue weighted by Gasteiger charge is -2.26. The number of benzene rings is 3. The number of esters is 1. The van der Waals surface area contributed by atoms with Crippen LogP contribution in [0.2, 0.25) is 0 Å². The summed E-state index contributed by atoms with van der Waals surface area (Å²) in [6.45, 7) is 2.48. The molecule has 0 heterocycles. The third-order valence-electron chi connectivity index (χ3n) is 4.42. The third kappa shape index (κ3) is 4.86. The first kappa shape index (κ1) is 21.3. The standard InChI is InChI=1S/C23H24O2P.BrH/c1-2-18-25-23(24)19-26(20-12-6-3-7-13-20,21-14-8-4-9-15-21)22-16-10-5-11-17-22;/h3-17H,2,18-19H2,1H3;1H/q+1;/p-1. The molecule has 0 aliphatic heterocycles. The average Bonchev–Trinajstić information content (AvgIpc) is 2.72. The van der Waals surface area contributed by atoms with Crippen LogP contribution in [0.5, 0.6) is 0 Å². The summed E-state index contributed by atoms with van der Waals surface area (Å²) in [6, 6.07) is 31.2. The lowest BCUT2D eigenvalue weighted by Crippen LogP contribution is -3.00. The molecule has 0 aromatic heterocycles. The number of carbonyl (C=O) groups is 1. The number of hydrogen-bond acceptors (Lipinski definition) is 2. The minimum atomic E-state index is -2.12. The fraction of sp³-hybridized carbons (Fsp3) is 0.174. The lowest BCUT2D eigenvalue weighted by atomic mass is 10.4. The van der Waals surface area contributed by atoms with E-state index in [1.807, 2.05) is 61.5 Å². The number of ether oxygens (including phenoxy) is 1. The smallest absolute Gasteiger partial charge is 0.345 e. The molecule has 0 atom stereocenters. The van der Waals surface area contributed by atoms with E-state index in [1.165, 1.54) is 15.9 Å². The van der Waals surface area contributed by atoms with Crippen molar-refractivity contribution in [3.8, 4) is 0 Å². The van der Waals surface area contributed by atoms with Crippen LogP contribution in [0.4, 0.5) is 0 Å². The molecule has 0 saturated heterocycles. The number of hydrogen-bond donors (Lipinski definition) is 0. The van der Waals surface area contributed by atoms with Gasteiger partial charge in [-0.05, 0) is 42.8 Å². The molecule has 0 radical (unpaired) electrons. The SMILES string of the molecule is CCCOC(=O)C[P+](c1ccccc1)(c1ccccc1)c1ccccc1.[Br-]. The maximum absolute atomic E-state index is 12.7. The third-order valence-corrected chi connectivity index (χ3v) is 8.70.